The molecular weight excluding hydrogens is 314 g/mol. The Labute approximate surface area is 141 Å². The lowest BCUT2D eigenvalue weighted by atomic mass is 10.1. The largest absolute Gasteiger partial charge is 0.493 e. The minimum atomic E-state index is -0.916. The lowest BCUT2D eigenvalue weighted by Crippen LogP contribution is -2.14. The molecule has 0 aliphatic carbocycles. The third kappa shape index (κ3) is 5.27. The number of rotatable bonds is 8. The highest BCUT2D eigenvalue weighted by molar-refractivity contribution is 6.30. The number of halogens is 1. The number of ether oxygens (including phenoxy) is 1. The maximum Gasteiger partial charge on any atom is 0.335 e. The van der Waals surface area contributed by atoms with Gasteiger partial charge < -0.3 is 15.2 Å². The Bertz CT molecular complexity index is 656. The Morgan fingerprint density at radius 3 is 2.57 bits per heavy atom. The highest BCUT2D eigenvalue weighted by Gasteiger charge is 2.05. The van der Waals surface area contributed by atoms with Crippen LogP contribution < -0.4 is 10.1 Å². The van der Waals surface area contributed by atoms with Crippen LogP contribution >= 0.6 is 11.6 Å². The number of carbonyl (C=O) groups is 1. The van der Waals surface area contributed by atoms with Gasteiger partial charge in [-0.05, 0) is 42.3 Å². The van der Waals surface area contributed by atoms with Crippen LogP contribution in [0.3, 0.4) is 0 Å². The lowest BCUT2D eigenvalue weighted by Gasteiger charge is -2.12. The van der Waals surface area contributed by atoms with E-state index in [1.54, 1.807) is 12.1 Å². The number of carboxylic acids is 1. The number of carboxylic acid groups (broad SMARTS) is 1. The molecule has 0 aliphatic heterocycles. The summed E-state index contributed by atoms with van der Waals surface area (Å²) in [6.45, 7) is 4.00. The molecule has 0 aromatic heterocycles. The van der Waals surface area contributed by atoms with Gasteiger partial charge in [0.2, 0.25) is 0 Å². The summed E-state index contributed by atoms with van der Waals surface area (Å²) in [5.74, 6) is -0.0777. The van der Waals surface area contributed by atoms with Gasteiger partial charge in [-0.3, -0.25) is 0 Å². The maximum atomic E-state index is 10.8. The summed E-state index contributed by atoms with van der Waals surface area (Å²) in [5, 5.41) is 12.9. The fraction of sp³-hybridized carbons (Fsp3) is 0.278. The van der Waals surface area contributed by atoms with Gasteiger partial charge >= 0.3 is 5.97 Å². The smallest absolute Gasteiger partial charge is 0.335 e. The number of hydrogen-bond acceptors (Lipinski definition) is 3. The SMILES string of the molecule is CCCOc1ccc(Cl)cc1CNCc1ccc(C(=O)O)cc1. The van der Waals surface area contributed by atoms with Crippen LogP contribution in [0.2, 0.25) is 5.02 Å². The Morgan fingerprint density at radius 2 is 1.91 bits per heavy atom. The highest BCUT2D eigenvalue weighted by Crippen LogP contribution is 2.23. The lowest BCUT2D eigenvalue weighted by molar-refractivity contribution is 0.0697. The van der Waals surface area contributed by atoms with E-state index in [0.29, 0.717) is 30.3 Å². The first-order valence-electron chi connectivity index (χ1n) is 7.54. The second-order valence-electron chi connectivity index (χ2n) is 5.21. The zero-order valence-corrected chi connectivity index (χ0v) is 13.8. The molecule has 0 saturated heterocycles. The number of hydrogen-bond donors (Lipinski definition) is 2. The van der Waals surface area contributed by atoms with Crippen LogP contribution in [0.15, 0.2) is 42.5 Å². The van der Waals surface area contributed by atoms with Gasteiger partial charge in [0.1, 0.15) is 5.75 Å². The molecule has 0 unspecified atom stereocenters. The van der Waals surface area contributed by atoms with Crippen molar-refractivity contribution in [1.29, 1.82) is 0 Å². The predicted molar refractivity (Wildman–Crippen MR) is 91.2 cm³/mol. The van der Waals surface area contributed by atoms with Gasteiger partial charge in [-0.25, -0.2) is 4.79 Å². The van der Waals surface area contributed by atoms with Gasteiger partial charge in [0.15, 0.2) is 0 Å². The van der Waals surface area contributed by atoms with E-state index >= 15 is 0 Å². The predicted octanol–water partition coefficient (Wildman–Crippen LogP) is 4.12. The van der Waals surface area contributed by atoms with Crippen molar-refractivity contribution < 1.29 is 14.6 Å². The third-order valence-electron chi connectivity index (χ3n) is 3.33. The molecule has 2 rings (SSSR count). The van der Waals surface area contributed by atoms with Crippen LogP contribution in [0.1, 0.15) is 34.8 Å². The quantitative estimate of drug-likeness (QED) is 0.763. The molecule has 4 nitrogen and oxygen atoms in total. The van der Waals surface area contributed by atoms with Crippen LogP contribution in [0, 0.1) is 0 Å². The van der Waals surface area contributed by atoms with Crippen molar-refractivity contribution >= 4 is 17.6 Å². The Morgan fingerprint density at radius 1 is 1.17 bits per heavy atom. The van der Waals surface area contributed by atoms with Gasteiger partial charge in [-0.15, -0.1) is 0 Å². The number of benzene rings is 2. The van der Waals surface area contributed by atoms with Crippen LogP contribution in [-0.4, -0.2) is 17.7 Å². The molecule has 0 heterocycles. The molecule has 0 fully saturated rings. The summed E-state index contributed by atoms with van der Waals surface area (Å²) < 4.78 is 5.72. The molecule has 23 heavy (non-hydrogen) atoms. The van der Waals surface area contributed by atoms with Crippen molar-refractivity contribution in [3.63, 3.8) is 0 Å². The molecule has 0 spiro atoms. The second-order valence-corrected chi connectivity index (χ2v) is 5.64. The van der Waals surface area contributed by atoms with Crippen LogP contribution in [-0.2, 0) is 13.1 Å². The number of nitrogens with one attached hydrogen (secondary N) is 1. The van der Waals surface area contributed by atoms with Crippen molar-refractivity contribution in [2.75, 3.05) is 6.61 Å². The first-order valence-corrected chi connectivity index (χ1v) is 7.92. The average Bonchev–Trinajstić information content (AvgIpc) is 2.54. The Balaban J connectivity index is 1.95. The minimum absolute atomic E-state index is 0.291. The van der Waals surface area contributed by atoms with Crippen LogP contribution in [0.4, 0.5) is 0 Å². The van der Waals surface area contributed by atoms with E-state index in [0.717, 1.165) is 23.3 Å². The number of aromatic carboxylic acids is 1. The Kier molecular flexibility index (Phi) is 6.44. The fourth-order valence-electron chi connectivity index (χ4n) is 2.15. The molecular formula is C18H20ClNO3. The zero-order chi connectivity index (χ0) is 16.7. The van der Waals surface area contributed by atoms with E-state index < -0.39 is 5.97 Å². The zero-order valence-electron chi connectivity index (χ0n) is 13.0. The molecule has 2 aromatic rings. The van der Waals surface area contributed by atoms with E-state index in [1.807, 2.05) is 30.3 Å². The monoisotopic (exact) mass is 333 g/mol. The highest BCUT2D eigenvalue weighted by atomic mass is 35.5. The fourth-order valence-corrected chi connectivity index (χ4v) is 2.34. The standard InChI is InChI=1S/C18H20ClNO3/c1-2-9-23-17-8-7-16(19)10-15(17)12-20-11-13-3-5-14(6-4-13)18(21)22/h3-8,10,20H,2,9,11-12H2,1H3,(H,21,22). The van der Waals surface area contributed by atoms with Gasteiger partial charge in [-0.2, -0.15) is 0 Å². The minimum Gasteiger partial charge on any atom is -0.493 e. The van der Waals surface area contributed by atoms with Crippen molar-refractivity contribution in [2.45, 2.75) is 26.4 Å². The molecule has 0 aliphatic rings. The van der Waals surface area contributed by atoms with Gasteiger partial charge in [0.05, 0.1) is 12.2 Å². The summed E-state index contributed by atoms with van der Waals surface area (Å²) in [7, 11) is 0. The average molecular weight is 334 g/mol. The first-order chi connectivity index (χ1) is 11.1. The summed E-state index contributed by atoms with van der Waals surface area (Å²) in [6, 6.07) is 12.4. The van der Waals surface area contributed by atoms with Gasteiger partial charge in [-0.1, -0.05) is 30.7 Å². The van der Waals surface area contributed by atoms with Crippen LogP contribution in [0.25, 0.3) is 0 Å². The summed E-state index contributed by atoms with van der Waals surface area (Å²) >= 11 is 6.05. The molecule has 0 saturated carbocycles. The second kappa shape index (κ2) is 8.56. The molecule has 5 heteroatoms. The Hall–Kier alpha value is -2.04. The normalized spacial score (nSPS) is 10.5. The third-order valence-corrected chi connectivity index (χ3v) is 3.56. The summed E-state index contributed by atoms with van der Waals surface area (Å²) in [4.78, 5) is 10.8. The van der Waals surface area contributed by atoms with Crippen LogP contribution in [0.5, 0.6) is 5.75 Å². The van der Waals surface area contributed by atoms with Crippen molar-refractivity contribution in [1.82, 2.24) is 5.32 Å². The first kappa shape index (κ1) is 17.3. The van der Waals surface area contributed by atoms with E-state index in [-0.39, 0.29) is 0 Å². The van der Waals surface area contributed by atoms with Crippen molar-refractivity contribution in [2.24, 2.45) is 0 Å². The van der Waals surface area contributed by atoms with E-state index in [9.17, 15) is 4.79 Å². The molecule has 0 radical (unpaired) electrons. The summed E-state index contributed by atoms with van der Waals surface area (Å²) in [6.07, 6.45) is 0.950. The maximum absolute atomic E-state index is 10.8. The van der Waals surface area contributed by atoms with E-state index in [2.05, 4.69) is 12.2 Å². The molecule has 0 atom stereocenters. The molecule has 2 N–H and O–H groups in total. The van der Waals surface area contributed by atoms with Crippen molar-refractivity contribution in [3.05, 3.63) is 64.2 Å². The van der Waals surface area contributed by atoms with E-state index in [4.69, 9.17) is 21.4 Å². The van der Waals surface area contributed by atoms with E-state index in [1.165, 1.54) is 0 Å². The van der Waals surface area contributed by atoms with Gasteiger partial charge in [0, 0.05) is 23.7 Å². The van der Waals surface area contributed by atoms with Gasteiger partial charge in [0.25, 0.3) is 0 Å². The molecule has 2 aromatic carbocycles. The molecule has 0 bridgehead atoms. The van der Waals surface area contributed by atoms with Crippen molar-refractivity contribution in [3.8, 4) is 5.75 Å². The summed E-state index contributed by atoms with van der Waals surface area (Å²) in [5.41, 5.74) is 2.32. The molecule has 0 amide bonds. The topological polar surface area (TPSA) is 58.6 Å². The molecule has 122 valence electrons.